The molecule has 1 aliphatic rings. The second kappa shape index (κ2) is 5.21. The number of aryl methyl sites for hydroxylation is 1. The van der Waals surface area contributed by atoms with Crippen molar-refractivity contribution in [3.05, 3.63) is 57.0 Å². The first-order valence-corrected chi connectivity index (χ1v) is 7.19. The van der Waals surface area contributed by atoms with E-state index in [1.807, 2.05) is 25.1 Å². The lowest BCUT2D eigenvalue weighted by molar-refractivity contribution is 0.103. The summed E-state index contributed by atoms with van der Waals surface area (Å²) in [5, 5.41) is 0. The molecule has 0 amide bonds. The van der Waals surface area contributed by atoms with Crippen molar-refractivity contribution < 1.29 is 13.9 Å². The summed E-state index contributed by atoms with van der Waals surface area (Å²) in [4.78, 5) is 14.7. The number of fused-ring (bicyclic) bond motifs is 1. The minimum atomic E-state index is -0.422. The normalized spacial score (nSPS) is 16.7. The molecular formula is C16H13FO2S. The van der Waals surface area contributed by atoms with Crippen LogP contribution >= 0.6 is 11.3 Å². The highest BCUT2D eigenvalue weighted by Gasteiger charge is 2.21. The zero-order valence-electron chi connectivity index (χ0n) is 11.0. The molecule has 0 spiro atoms. The molecule has 0 saturated heterocycles. The van der Waals surface area contributed by atoms with E-state index in [9.17, 15) is 9.18 Å². The Labute approximate surface area is 120 Å². The summed E-state index contributed by atoms with van der Waals surface area (Å²) >= 11 is 1.63. The number of benzene rings is 1. The maximum Gasteiger partial charge on any atom is 0.193 e. The van der Waals surface area contributed by atoms with Crippen LogP contribution in [0.5, 0.6) is 5.75 Å². The molecule has 2 heterocycles. The van der Waals surface area contributed by atoms with Gasteiger partial charge in [0.1, 0.15) is 11.6 Å². The monoisotopic (exact) mass is 288 g/mol. The van der Waals surface area contributed by atoms with Crippen LogP contribution in [0.4, 0.5) is 4.39 Å². The van der Waals surface area contributed by atoms with Gasteiger partial charge in [0.25, 0.3) is 0 Å². The van der Waals surface area contributed by atoms with Crippen molar-refractivity contribution in [2.45, 2.75) is 13.3 Å². The van der Waals surface area contributed by atoms with Gasteiger partial charge in [-0.25, -0.2) is 4.39 Å². The molecule has 2 nitrogen and oxygen atoms in total. The number of ketones is 1. The minimum Gasteiger partial charge on any atom is -0.492 e. The Hall–Kier alpha value is -1.94. The van der Waals surface area contributed by atoms with Crippen molar-refractivity contribution in [2.75, 3.05) is 6.61 Å². The van der Waals surface area contributed by atoms with Gasteiger partial charge >= 0.3 is 0 Å². The fourth-order valence-corrected chi connectivity index (χ4v) is 3.05. The summed E-state index contributed by atoms with van der Waals surface area (Å²) in [6.45, 7) is 2.45. The highest BCUT2D eigenvalue weighted by Crippen LogP contribution is 2.29. The first-order valence-electron chi connectivity index (χ1n) is 6.37. The topological polar surface area (TPSA) is 26.3 Å². The second-order valence-corrected chi connectivity index (χ2v) is 6.01. The second-order valence-electron chi connectivity index (χ2n) is 4.69. The Morgan fingerprint density at radius 1 is 1.30 bits per heavy atom. The first kappa shape index (κ1) is 13.1. The average Bonchev–Trinajstić information content (AvgIpc) is 2.77. The van der Waals surface area contributed by atoms with Crippen molar-refractivity contribution in [2.24, 2.45) is 0 Å². The molecular weight excluding hydrogens is 275 g/mol. The van der Waals surface area contributed by atoms with Crippen LogP contribution in [0, 0.1) is 12.7 Å². The fourth-order valence-electron chi connectivity index (χ4n) is 2.20. The Kier molecular flexibility index (Phi) is 3.40. The Morgan fingerprint density at radius 3 is 2.90 bits per heavy atom. The van der Waals surface area contributed by atoms with Crippen LogP contribution in [-0.4, -0.2) is 12.4 Å². The summed E-state index contributed by atoms with van der Waals surface area (Å²) in [5.41, 5.74) is 0.971. The van der Waals surface area contributed by atoms with Crippen molar-refractivity contribution in [1.82, 2.24) is 0 Å². The number of Topliss-reactive ketones (excluding diaryl/α,β-unsaturated/α-hetero) is 1. The fraction of sp³-hybridized carbons (Fsp3) is 0.188. The van der Waals surface area contributed by atoms with E-state index in [2.05, 4.69) is 0 Å². The zero-order valence-corrected chi connectivity index (χ0v) is 11.8. The average molecular weight is 288 g/mol. The molecule has 0 aliphatic carbocycles. The van der Waals surface area contributed by atoms with E-state index >= 15 is 0 Å². The van der Waals surface area contributed by atoms with E-state index in [-0.39, 0.29) is 5.78 Å². The molecule has 1 aromatic heterocycles. The van der Waals surface area contributed by atoms with E-state index in [0.29, 0.717) is 29.9 Å². The number of carbonyl (C=O) groups is 1. The Bertz CT molecular complexity index is 700. The predicted molar refractivity (Wildman–Crippen MR) is 77.9 cm³/mol. The van der Waals surface area contributed by atoms with E-state index < -0.39 is 5.82 Å². The van der Waals surface area contributed by atoms with Gasteiger partial charge < -0.3 is 4.74 Å². The lowest BCUT2D eigenvalue weighted by atomic mass is 10.0. The van der Waals surface area contributed by atoms with Gasteiger partial charge in [-0.3, -0.25) is 4.79 Å². The molecule has 0 atom stereocenters. The van der Waals surface area contributed by atoms with Gasteiger partial charge in [-0.2, -0.15) is 0 Å². The minimum absolute atomic E-state index is 0.150. The van der Waals surface area contributed by atoms with Crippen LogP contribution in [-0.2, 0) is 0 Å². The van der Waals surface area contributed by atoms with Crippen molar-refractivity contribution in [3.63, 3.8) is 0 Å². The number of carbonyl (C=O) groups excluding carboxylic acids is 1. The summed E-state index contributed by atoms with van der Waals surface area (Å²) < 4.78 is 18.9. The Morgan fingerprint density at radius 2 is 2.15 bits per heavy atom. The predicted octanol–water partition coefficient (Wildman–Crippen LogP) is 4.24. The number of ether oxygens (including phenoxy) is 1. The van der Waals surface area contributed by atoms with Crippen LogP contribution in [0.2, 0.25) is 0 Å². The molecule has 20 heavy (non-hydrogen) atoms. The molecule has 102 valence electrons. The van der Waals surface area contributed by atoms with Crippen LogP contribution in [0.15, 0.2) is 35.9 Å². The number of hydrogen-bond donors (Lipinski definition) is 0. The molecule has 2 aromatic rings. The molecule has 0 bridgehead atoms. The van der Waals surface area contributed by atoms with Gasteiger partial charge in [-0.1, -0.05) is 0 Å². The van der Waals surface area contributed by atoms with E-state index in [1.54, 1.807) is 11.3 Å². The lowest BCUT2D eigenvalue weighted by Gasteiger charge is -2.04. The van der Waals surface area contributed by atoms with E-state index in [0.717, 1.165) is 4.88 Å². The van der Waals surface area contributed by atoms with Crippen LogP contribution < -0.4 is 4.74 Å². The maximum absolute atomic E-state index is 13.3. The van der Waals surface area contributed by atoms with Gasteiger partial charge in [-0.05, 0) is 43.3 Å². The van der Waals surface area contributed by atoms with Gasteiger partial charge in [-0.15, -0.1) is 11.3 Å². The molecule has 0 fully saturated rings. The lowest BCUT2D eigenvalue weighted by Crippen LogP contribution is -2.02. The number of halogens is 1. The molecule has 4 heteroatoms. The summed E-state index contributed by atoms with van der Waals surface area (Å²) in [7, 11) is 0. The van der Waals surface area contributed by atoms with Crippen LogP contribution in [0.25, 0.3) is 6.08 Å². The molecule has 0 saturated carbocycles. The molecule has 0 radical (unpaired) electrons. The molecule has 3 rings (SSSR count). The highest BCUT2D eigenvalue weighted by atomic mass is 32.1. The quantitative estimate of drug-likeness (QED) is 0.733. The van der Waals surface area contributed by atoms with Gasteiger partial charge in [0.2, 0.25) is 0 Å². The third-order valence-electron chi connectivity index (χ3n) is 3.18. The number of rotatable bonds is 1. The molecule has 1 aromatic carbocycles. The smallest absolute Gasteiger partial charge is 0.193 e. The third-order valence-corrected chi connectivity index (χ3v) is 4.13. The van der Waals surface area contributed by atoms with Crippen LogP contribution in [0.1, 0.15) is 26.5 Å². The zero-order chi connectivity index (χ0) is 14.1. The number of thiophene rings is 1. The highest BCUT2D eigenvalue weighted by molar-refractivity contribution is 7.12. The third kappa shape index (κ3) is 2.51. The number of hydrogen-bond acceptors (Lipinski definition) is 3. The maximum atomic E-state index is 13.3. The van der Waals surface area contributed by atoms with Crippen molar-refractivity contribution in [1.29, 1.82) is 0 Å². The van der Waals surface area contributed by atoms with E-state index in [4.69, 9.17) is 4.74 Å². The van der Waals surface area contributed by atoms with Crippen molar-refractivity contribution in [3.8, 4) is 5.75 Å². The molecule has 1 aliphatic heterocycles. The summed E-state index contributed by atoms with van der Waals surface area (Å²) in [5.74, 6) is -0.112. The largest absolute Gasteiger partial charge is 0.492 e. The summed E-state index contributed by atoms with van der Waals surface area (Å²) in [6, 6.07) is 8.07. The van der Waals surface area contributed by atoms with Gasteiger partial charge in [0.15, 0.2) is 5.78 Å². The van der Waals surface area contributed by atoms with Crippen LogP contribution in [0.3, 0.4) is 0 Å². The Balaban J connectivity index is 2.02. The standard InChI is InChI=1S/C16H13FO2S/c1-10-2-4-13(20-10)8-11-6-7-19-15-5-3-12(17)9-14(15)16(11)18/h2-5,8-9H,6-7H2,1H3/b11-8-. The molecule has 0 unspecified atom stereocenters. The van der Waals surface area contributed by atoms with E-state index in [1.165, 1.54) is 23.1 Å². The molecule has 0 N–H and O–H groups in total. The van der Waals surface area contributed by atoms with Gasteiger partial charge in [0, 0.05) is 21.7 Å². The van der Waals surface area contributed by atoms with Gasteiger partial charge in [0.05, 0.1) is 12.2 Å². The SMILES string of the molecule is Cc1ccc(/C=C2/CCOc3ccc(F)cc3C2=O)s1. The van der Waals surface area contributed by atoms with Crippen molar-refractivity contribution >= 4 is 23.2 Å². The summed E-state index contributed by atoms with van der Waals surface area (Å²) in [6.07, 6.45) is 2.41. The first-order chi connectivity index (χ1) is 9.63.